The lowest BCUT2D eigenvalue weighted by molar-refractivity contribution is -0.0915. The monoisotopic (exact) mass is 195 g/mol. The van der Waals surface area contributed by atoms with Gasteiger partial charge in [-0.05, 0) is 18.1 Å². The molecule has 0 amide bonds. The highest BCUT2D eigenvalue weighted by molar-refractivity contribution is 5.61. The summed E-state index contributed by atoms with van der Waals surface area (Å²) < 4.78 is 10.3. The zero-order valence-electron chi connectivity index (χ0n) is 8.20. The van der Waals surface area contributed by atoms with Crippen molar-refractivity contribution >= 4 is 5.69 Å². The quantitative estimate of drug-likeness (QED) is 0.659. The van der Waals surface area contributed by atoms with Gasteiger partial charge in [0.25, 0.3) is 0 Å². The Kier molecular flexibility index (Phi) is 2.09. The minimum atomic E-state index is -0.894. The number of hydrogen-bond acceptors (Lipinski definition) is 4. The molecule has 0 radical (unpaired) electrons. The molecule has 0 aromatic heterocycles. The van der Waals surface area contributed by atoms with Gasteiger partial charge >= 0.3 is 0 Å². The second-order valence-corrected chi connectivity index (χ2v) is 3.35. The van der Waals surface area contributed by atoms with Crippen molar-refractivity contribution in [2.24, 2.45) is 0 Å². The van der Waals surface area contributed by atoms with E-state index in [1.807, 2.05) is 6.92 Å². The van der Waals surface area contributed by atoms with E-state index in [0.29, 0.717) is 17.9 Å². The van der Waals surface area contributed by atoms with Crippen molar-refractivity contribution in [2.45, 2.75) is 19.8 Å². The summed E-state index contributed by atoms with van der Waals surface area (Å²) in [6, 6.07) is 1.71. The first-order valence-electron chi connectivity index (χ1n) is 4.40. The van der Waals surface area contributed by atoms with Gasteiger partial charge in [0.2, 0.25) is 0 Å². The van der Waals surface area contributed by atoms with Crippen LogP contribution in [-0.2, 0) is 11.3 Å². The van der Waals surface area contributed by atoms with Crippen molar-refractivity contribution < 1.29 is 14.6 Å². The maximum atomic E-state index is 9.51. The molecule has 4 nitrogen and oxygen atoms in total. The fourth-order valence-electron chi connectivity index (χ4n) is 1.79. The molecule has 3 N–H and O–H groups in total. The molecule has 0 aliphatic carbocycles. The van der Waals surface area contributed by atoms with Crippen LogP contribution in [0.5, 0.6) is 5.75 Å². The zero-order valence-corrected chi connectivity index (χ0v) is 8.20. The van der Waals surface area contributed by atoms with E-state index in [2.05, 4.69) is 0 Å². The van der Waals surface area contributed by atoms with E-state index < -0.39 is 6.29 Å². The van der Waals surface area contributed by atoms with Crippen molar-refractivity contribution in [1.82, 2.24) is 0 Å². The number of fused-ring (bicyclic) bond motifs is 1. The predicted molar refractivity (Wildman–Crippen MR) is 51.9 cm³/mol. The molecule has 0 saturated heterocycles. The molecule has 76 valence electrons. The Labute approximate surface area is 82.2 Å². The van der Waals surface area contributed by atoms with Gasteiger partial charge in [-0.15, -0.1) is 0 Å². The third-order valence-electron chi connectivity index (χ3n) is 2.60. The molecular formula is C10H13NO3. The molecule has 0 spiro atoms. The van der Waals surface area contributed by atoms with E-state index in [1.165, 1.54) is 0 Å². The van der Waals surface area contributed by atoms with Gasteiger partial charge in [-0.1, -0.05) is 0 Å². The van der Waals surface area contributed by atoms with Crippen LogP contribution >= 0.6 is 0 Å². The number of anilines is 1. The number of hydrogen-bond donors (Lipinski definition) is 2. The topological polar surface area (TPSA) is 64.7 Å². The molecular weight excluding hydrogens is 182 g/mol. The zero-order chi connectivity index (χ0) is 10.3. The van der Waals surface area contributed by atoms with Gasteiger partial charge in [-0.25, -0.2) is 0 Å². The number of methoxy groups -OCH3 is 1. The van der Waals surface area contributed by atoms with Gasteiger partial charge in [0.1, 0.15) is 5.75 Å². The molecule has 1 heterocycles. The molecule has 0 fully saturated rings. The molecule has 0 bridgehead atoms. The van der Waals surface area contributed by atoms with Crippen LogP contribution in [0, 0.1) is 6.92 Å². The smallest absolute Gasteiger partial charge is 0.183 e. The van der Waals surface area contributed by atoms with E-state index in [-0.39, 0.29) is 0 Å². The van der Waals surface area contributed by atoms with Crippen LogP contribution in [0.2, 0.25) is 0 Å². The third kappa shape index (κ3) is 1.15. The molecule has 1 aromatic rings. The second-order valence-electron chi connectivity index (χ2n) is 3.35. The summed E-state index contributed by atoms with van der Waals surface area (Å²) in [4.78, 5) is 0. The van der Waals surface area contributed by atoms with Gasteiger partial charge in [-0.3, -0.25) is 0 Å². The number of benzene rings is 1. The number of nitrogens with two attached hydrogens (primary N) is 1. The number of rotatable bonds is 1. The van der Waals surface area contributed by atoms with Crippen molar-refractivity contribution in [3.8, 4) is 5.75 Å². The van der Waals surface area contributed by atoms with E-state index in [9.17, 15) is 5.11 Å². The minimum absolute atomic E-state index is 0.393. The second kappa shape index (κ2) is 3.15. The van der Waals surface area contributed by atoms with Crippen LogP contribution in [0.1, 0.15) is 23.0 Å². The first-order chi connectivity index (χ1) is 6.65. The first-order valence-corrected chi connectivity index (χ1v) is 4.40. The van der Waals surface area contributed by atoms with Gasteiger partial charge in [0, 0.05) is 17.3 Å². The lowest BCUT2D eigenvalue weighted by atomic mass is 10.0. The molecule has 1 aliphatic heterocycles. The van der Waals surface area contributed by atoms with Crippen molar-refractivity contribution in [1.29, 1.82) is 0 Å². The predicted octanol–water partition coefficient (Wildman–Crippen LogP) is 1.11. The summed E-state index contributed by atoms with van der Waals surface area (Å²) >= 11 is 0. The summed E-state index contributed by atoms with van der Waals surface area (Å²) in [6.07, 6.45) is -0.894. The van der Waals surface area contributed by atoms with Crippen LogP contribution in [0.15, 0.2) is 6.07 Å². The van der Waals surface area contributed by atoms with Crippen molar-refractivity contribution in [3.63, 3.8) is 0 Å². The first kappa shape index (κ1) is 9.30. The van der Waals surface area contributed by atoms with Gasteiger partial charge in [0.15, 0.2) is 6.29 Å². The van der Waals surface area contributed by atoms with E-state index in [0.717, 1.165) is 16.9 Å². The van der Waals surface area contributed by atoms with E-state index in [4.69, 9.17) is 15.2 Å². The summed E-state index contributed by atoms with van der Waals surface area (Å²) in [5.41, 5.74) is 8.91. The normalized spacial score (nSPS) is 19.5. The minimum Gasteiger partial charge on any atom is -0.496 e. The summed E-state index contributed by atoms with van der Waals surface area (Å²) in [7, 11) is 1.60. The van der Waals surface area contributed by atoms with Crippen LogP contribution in [-0.4, -0.2) is 12.2 Å². The Hall–Kier alpha value is -1.26. The van der Waals surface area contributed by atoms with E-state index in [1.54, 1.807) is 13.2 Å². The largest absolute Gasteiger partial charge is 0.496 e. The number of nitrogen functional groups attached to an aromatic ring is 1. The summed E-state index contributed by atoms with van der Waals surface area (Å²) in [5, 5.41) is 9.51. The van der Waals surface area contributed by atoms with Crippen LogP contribution in [0.25, 0.3) is 0 Å². The fraction of sp³-hybridized carbons (Fsp3) is 0.400. The van der Waals surface area contributed by atoms with Crippen LogP contribution < -0.4 is 10.5 Å². The molecule has 14 heavy (non-hydrogen) atoms. The Bertz CT molecular complexity index is 376. The highest BCUT2D eigenvalue weighted by atomic mass is 16.6. The van der Waals surface area contributed by atoms with Crippen LogP contribution in [0.4, 0.5) is 5.69 Å². The maximum absolute atomic E-state index is 9.51. The van der Waals surface area contributed by atoms with Gasteiger partial charge in [0.05, 0.1) is 13.7 Å². The van der Waals surface area contributed by atoms with Gasteiger partial charge in [-0.2, -0.15) is 0 Å². The fourth-order valence-corrected chi connectivity index (χ4v) is 1.79. The standard InChI is InChI=1S/C10H13NO3/c1-5-6-4-14-10(12)9(6)7(11)3-8(5)13-2/h3,10,12H,4,11H2,1-2H3. The Morgan fingerprint density at radius 3 is 3.00 bits per heavy atom. The maximum Gasteiger partial charge on any atom is 0.183 e. The molecule has 1 atom stereocenters. The highest BCUT2D eigenvalue weighted by Gasteiger charge is 2.26. The van der Waals surface area contributed by atoms with Crippen molar-refractivity contribution in [2.75, 3.05) is 12.8 Å². The molecule has 1 unspecified atom stereocenters. The Morgan fingerprint density at radius 1 is 1.64 bits per heavy atom. The Morgan fingerprint density at radius 2 is 2.36 bits per heavy atom. The lowest BCUT2D eigenvalue weighted by Crippen LogP contribution is -2.01. The Balaban J connectivity index is 2.64. The lowest BCUT2D eigenvalue weighted by Gasteiger charge is -2.12. The molecule has 0 saturated carbocycles. The summed E-state index contributed by atoms with van der Waals surface area (Å²) in [5.74, 6) is 0.735. The van der Waals surface area contributed by atoms with Crippen LogP contribution in [0.3, 0.4) is 0 Å². The number of aliphatic hydroxyl groups excluding tert-OH is 1. The van der Waals surface area contributed by atoms with Crippen molar-refractivity contribution in [3.05, 3.63) is 22.8 Å². The summed E-state index contributed by atoms with van der Waals surface area (Å²) in [6.45, 7) is 2.32. The average molecular weight is 195 g/mol. The van der Waals surface area contributed by atoms with Gasteiger partial charge < -0.3 is 20.3 Å². The number of aliphatic hydroxyl groups is 1. The average Bonchev–Trinajstić information content (AvgIpc) is 2.54. The molecule has 4 heteroatoms. The number of ether oxygens (including phenoxy) is 2. The molecule has 1 aliphatic rings. The highest BCUT2D eigenvalue weighted by Crippen LogP contribution is 2.39. The SMILES string of the molecule is COc1cc(N)c2c(c1C)COC2O. The molecule has 1 aromatic carbocycles. The van der Waals surface area contributed by atoms with E-state index >= 15 is 0 Å². The third-order valence-corrected chi connectivity index (χ3v) is 2.60. The molecule has 2 rings (SSSR count).